The summed E-state index contributed by atoms with van der Waals surface area (Å²) < 4.78 is 0. The van der Waals surface area contributed by atoms with E-state index in [1.807, 2.05) is 0 Å². The van der Waals surface area contributed by atoms with Crippen molar-refractivity contribution in [2.45, 2.75) is 96.5 Å². The van der Waals surface area contributed by atoms with E-state index in [-0.39, 0.29) is 0 Å². The van der Waals surface area contributed by atoms with Crippen LogP contribution >= 0.6 is 0 Å². The van der Waals surface area contributed by atoms with Crippen molar-refractivity contribution >= 4 is 6.71 Å². The average Bonchev–Trinajstić information content (AvgIpc) is 2.71. The molecule has 0 N–H and O–H groups in total. The summed E-state index contributed by atoms with van der Waals surface area (Å²) in [7, 11) is 0. The van der Waals surface area contributed by atoms with Gasteiger partial charge in [0.1, 0.15) is 6.71 Å². The van der Waals surface area contributed by atoms with E-state index in [1.54, 1.807) is 38.5 Å². The maximum absolute atomic E-state index is 2.58. The second-order valence-electron chi connectivity index (χ2n) is 10.0. The molecule has 0 aromatic heterocycles. The molecule has 1 unspecified atom stereocenters. The van der Waals surface area contributed by atoms with Crippen LogP contribution in [-0.4, -0.2) is 6.71 Å². The summed E-state index contributed by atoms with van der Waals surface area (Å²) in [6.07, 6.45) is 12.5. The lowest BCUT2D eigenvalue weighted by molar-refractivity contribution is -0.117. The Bertz CT molecular complexity index is 383. The largest absolute Gasteiger partial charge is 0.149 e. The normalized spacial score (nSPS) is 48.1. The predicted molar refractivity (Wildman–Crippen MR) is 93.0 cm³/mol. The van der Waals surface area contributed by atoms with E-state index in [0.29, 0.717) is 5.41 Å². The molecule has 0 aromatic carbocycles. The van der Waals surface area contributed by atoms with Gasteiger partial charge in [-0.2, -0.15) is 0 Å². The van der Waals surface area contributed by atoms with Crippen molar-refractivity contribution in [2.75, 3.05) is 0 Å². The quantitative estimate of drug-likeness (QED) is 0.523. The molecule has 5 aliphatic rings. The fourth-order valence-corrected chi connectivity index (χ4v) is 7.65. The van der Waals surface area contributed by atoms with Crippen molar-refractivity contribution in [1.82, 2.24) is 0 Å². The fourth-order valence-electron chi connectivity index (χ4n) is 7.65. The Kier molecular flexibility index (Phi) is 3.51. The standard InChI is InChI=1S/C20H35B/c1-13(2)19-17-11-14(20(17,3)4)12-18(19)21-15-7-5-6-8-16(21)10-9-15/h13-19H,5-12H2,1-4H3/t14-,15-,16+,17+,18+,19?/m0/s1. The molecule has 118 valence electrons. The van der Waals surface area contributed by atoms with Gasteiger partial charge >= 0.3 is 0 Å². The number of hydrogen-bond donors (Lipinski definition) is 0. The third-order valence-corrected chi connectivity index (χ3v) is 8.72. The zero-order chi connectivity index (χ0) is 14.8. The highest BCUT2D eigenvalue weighted by Crippen LogP contribution is 2.69. The second kappa shape index (κ2) is 5.03. The van der Waals surface area contributed by atoms with E-state index in [9.17, 15) is 0 Å². The van der Waals surface area contributed by atoms with Crippen molar-refractivity contribution in [2.24, 2.45) is 29.1 Å². The van der Waals surface area contributed by atoms with E-state index >= 15 is 0 Å². The first-order valence-corrected chi connectivity index (χ1v) is 10.00. The lowest BCUT2D eigenvalue weighted by Crippen LogP contribution is -2.58. The van der Waals surface area contributed by atoms with Gasteiger partial charge in [-0.25, -0.2) is 0 Å². The Morgan fingerprint density at radius 1 is 0.905 bits per heavy atom. The number of fused-ring (bicyclic) bond motifs is 5. The first-order valence-electron chi connectivity index (χ1n) is 10.00. The van der Waals surface area contributed by atoms with Crippen LogP contribution < -0.4 is 0 Å². The minimum absolute atomic E-state index is 0.662. The molecule has 0 spiro atoms. The first-order chi connectivity index (χ1) is 10.00. The third kappa shape index (κ3) is 2.08. The van der Waals surface area contributed by atoms with Crippen molar-refractivity contribution in [1.29, 1.82) is 0 Å². The Labute approximate surface area is 132 Å². The predicted octanol–water partition coefficient (Wildman–Crippen LogP) is 6.30. The molecule has 1 heteroatoms. The summed E-state index contributed by atoms with van der Waals surface area (Å²) in [4.78, 5) is 0. The molecule has 0 aromatic rings. The second-order valence-corrected chi connectivity index (χ2v) is 10.0. The Morgan fingerprint density at radius 2 is 1.52 bits per heavy atom. The SMILES string of the molecule is CC(C)C1[C@H]2C[C@@H](C[C@H]1B1[C@@H]3CCCC[C@H]1CC3)C2(C)C. The highest BCUT2D eigenvalue weighted by atomic mass is 14.6. The van der Waals surface area contributed by atoms with Crippen molar-refractivity contribution in [3.05, 3.63) is 0 Å². The average molecular weight is 286 g/mol. The molecule has 0 amide bonds. The zero-order valence-corrected chi connectivity index (χ0v) is 14.8. The summed E-state index contributed by atoms with van der Waals surface area (Å²) in [5, 5.41) is 0. The van der Waals surface area contributed by atoms with E-state index in [1.165, 1.54) is 12.8 Å². The van der Waals surface area contributed by atoms with Crippen molar-refractivity contribution in [3.63, 3.8) is 0 Å². The van der Waals surface area contributed by atoms with Gasteiger partial charge in [0.25, 0.3) is 0 Å². The number of rotatable bonds is 2. The molecule has 0 nitrogen and oxygen atoms in total. The van der Waals surface area contributed by atoms with Crippen molar-refractivity contribution < 1.29 is 0 Å². The molecule has 3 aliphatic carbocycles. The lowest BCUT2D eigenvalue weighted by Gasteiger charge is -2.65. The van der Waals surface area contributed by atoms with Crippen LogP contribution in [0.1, 0.15) is 79.1 Å². The maximum Gasteiger partial charge on any atom is 0.149 e. The van der Waals surface area contributed by atoms with Crippen LogP contribution in [0.4, 0.5) is 0 Å². The molecule has 4 bridgehead atoms. The number of hydrogen-bond acceptors (Lipinski definition) is 0. The monoisotopic (exact) mass is 286 g/mol. The zero-order valence-electron chi connectivity index (χ0n) is 14.8. The third-order valence-electron chi connectivity index (χ3n) is 8.72. The van der Waals surface area contributed by atoms with E-state index in [2.05, 4.69) is 27.7 Å². The van der Waals surface area contributed by atoms with Gasteiger partial charge in [0, 0.05) is 0 Å². The molecule has 2 aliphatic heterocycles. The van der Waals surface area contributed by atoms with E-state index in [0.717, 1.165) is 47.8 Å². The molecule has 3 saturated carbocycles. The van der Waals surface area contributed by atoms with E-state index < -0.39 is 0 Å². The molecule has 5 rings (SSSR count). The fraction of sp³-hybridized carbons (Fsp3) is 1.00. The van der Waals surface area contributed by atoms with Gasteiger partial charge in [-0.3, -0.25) is 0 Å². The van der Waals surface area contributed by atoms with Gasteiger partial charge in [-0.15, -0.1) is 0 Å². The lowest BCUT2D eigenvalue weighted by atomic mass is 9.23. The first kappa shape index (κ1) is 14.6. The summed E-state index contributed by atoms with van der Waals surface area (Å²) in [5.74, 6) is 7.37. The minimum Gasteiger partial charge on any atom is -0.0625 e. The summed E-state index contributed by atoms with van der Waals surface area (Å²) in [6.45, 7) is 11.4. The minimum atomic E-state index is 0.662. The van der Waals surface area contributed by atoms with Gasteiger partial charge in [-0.1, -0.05) is 90.1 Å². The van der Waals surface area contributed by atoms with Gasteiger partial charge in [0.15, 0.2) is 0 Å². The maximum atomic E-state index is 2.58. The molecule has 5 fully saturated rings. The van der Waals surface area contributed by atoms with Crippen LogP contribution in [-0.2, 0) is 0 Å². The molecule has 2 heterocycles. The highest BCUT2D eigenvalue weighted by Gasteiger charge is 2.61. The Morgan fingerprint density at radius 3 is 2.05 bits per heavy atom. The van der Waals surface area contributed by atoms with Crippen LogP contribution in [0.2, 0.25) is 17.5 Å². The van der Waals surface area contributed by atoms with Gasteiger partial charge in [-0.05, 0) is 35.5 Å². The van der Waals surface area contributed by atoms with Gasteiger partial charge in [0.05, 0.1) is 0 Å². The van der Waals surface area contributed by atoms with Crippen LogP contribution in [0.5, 0.6) is 0 Å². The molecule has 2 saturated heterocycles. The summed E-state index contributed by atoms with van der Waals surface area (Å²) >= 11 is 0. The smallest absolute Gasteiger partial charge is 0.0625 e. The molecular weight excluding hydrogens is 251 g/mol. The topological polar surface area (TPSA) is 0 Å². The van der Waals surface area contributed by atoms with Crippen LogP contribution in [0.15, 0.2) is 0 Å². The molecule has 6 atom stereocenters. The van der Waals surface area contributed by atoms with Gasteiger partial charge in [0.2, 0.25) is 0 Å². The van der Waals surface area contributed by atoms with Gasteiger partial charge < -0.3 is 0 Å². The highest BCUT2D eigenvalue weighted by molar-refractivity contribution is 6.64. The molecule has 21 heavy (non-hydrogen) atoms. The van der Waals surface area contributed by atoms with Crippen LogP contribution in [0, 0.1) is 29.1 Å². The van der Waals surface area contributed by atoms with Crippen molar-refractivity contribution in [3.8, 4) is 0 Å². The Balaban J connectivity index is 1.62. The van der Waals surface area contributed by atoms with Crippen LogP contribution in [0.25, 0.3) is 0 Å². The summed E-state index contributed by atoms with van der Waals surface area (Å²) in [5.41, 5.74) is 0.662. The molecule has 0 radical (unpaired) electrons. The van der Waals surface area contributed by atoms with E-state index in [4.69, 9.17) is 0 Å². The Hall–Kier alpha value is 0.0649. The van der Waals surface area contributed by atoms with Crippen LogP contribution in [0.3, 0.4) is 0 Å². The summed E-state index contributed by atoms with van der Waals surface area (Å²) in [6, 6.07) is 0. The molecular formula is C20H35B.